The van der Waals surface area contributed by atoms with Gasteiger partial charge in [-0.15, -0.1) is 0 Å². The molecule has 0 aliphatic carbocycles. The van der Waals surface area contributed by atoms with Crippen LogP contribution in [0.1, 0.15) is 284 Å². The number of unbranched alkanes of at least 4 members (excludes halogenated alkanes) is 29. The molecule has 12 atom stereocenters. The summed E-state index contributed by atoms with van der Waals surface area (Å²) >= 11 is 0. The van der Waals surface area contributed by atoms with E-state index in [9.17, 15) is 45.6 Å². The van der Waals surface area contributed by atoms with Crippen LogP contribution in [0.3, 0.4) is 0 Å². The number of rotatable bonds is 60. The molecular weight excluding hydrogens is 1160 g/mol. The van der Waals surface area contributed by atoms with Crippen LogP contribution in [0.4, 0.5) is 0 Å². The highest BCUT2D eigenvalue weighted by molar-refractivity contribution is 5.76. The van der Waals surface area contributed by atoms with Crippen molar-refractivity contribution >= 4 is 5.91 Å². The molecule has 9 N–H and O–H groups in total. The molecule has 2 aliphatic heterocycles. The third-order valence-corrected chi connectivity index (χ3v) is 17.5. The molecule has 0 aromatic heterocycles. The standard InChI is InChI=1S/C78H135NO13/c1-3-5-7-9-11-13-15-17-19-21-23-25-27-28-29-30-31-32-33-34-35-36-37-38-40-42-44-46-48-50-52-54-56-58-60-62-70(83)79-66(65-89-77-75(88)73(86)76(69(64-81)91-77)92-78-74(87)72(85)71(84)68(63-80)90-78)67(82)61-59-57-55-53-51-49-47-45-43-41-39-26-24-22-20-18-16-14-12-10-8-6-4-2/h5,7,11,13,17,19,23,25,28-29,31-32,34-35,37-38,42,44,66-69,71-78,80-82,84-88H,3-4,6,8-10,12,14-16,18,20-22,24,26-27,30,33,36,39-41,43,45-65H2,1-2H3,(H,79,83)/b7-5-,13-11-,19-17-,25-23-,29-28-,32-31-,35-34-,38-37-,44-42-. The summed E-state index contributed by atoms with van der Waals surface area (Å²) in [6, 6.07) is -0.844. The van der Waals surface area contributed by atoms with Gasteiger partial charge in [0, 0.05) is 6.42 Å². The summed E-state index contributed by atoms with van der Waals surface area (Å²) in [7, 11) is 0. The second-order valence-electron chi connectivity index (χ2n) is 25.7. The summed E-state index contributed by atoms with van der Waals surface area (Å²) in [5.74, 6) is -0.219. The lowest BCUT2D eigenvalue weighted by molar-refractivity contribution is -0.359. The van der Waals surface area contributed by atoms with Gasteiger partial charge in [-0.1, -0.05) is 303 Å². The SMILES string of the molecule is CC/C=C\C/C=C\C/C=C\C/C=C\C/C=C\C/C=C\C/C=C\C/C=C\C/C=C\CCCCCCCCCC(=O)NC(COC1OC(CO)C(OC2OC(CO)C(O)C(O)C2O)C(O)C1O)C(O)CCCCCCCCCCCCCCCCCCCCCCCCC. The average molecular weight is 1290 g/mol. The topological polar surface area (TPSA) is 228 Å². The van der Waals surface area contributed by atoms with Gasteiger partial charge in [-0.3, -0.25) is 4.79 Å². The van der Waals surface area contributed by atoms with Crippen molar-refractivity contribution in [2.24, 2.45) is 0 Å². The van der Waals surface area contributed by atoms with Gasteiger partial charge >= 0.3 is 0 Å². The number of aliphatic hydroxyl groups is 8. The van der Waals surface area contributed by atoms with Crippen LogP contribution in [0, 0.1) is 0 Å². The third-order valence-electron chi connectivity index (χ3n) is 17.5. The van der Waals surface area contributed by atoms with Crippen LogP contribution in [0.25, 0.3) is 0 Å². The quantitative estimate of drug-likeness (QED) is 0.0204. The predicted molar refractivity (Wildman–Crippen MR) is 378 cm³/mol. The van der Waals surface area contributed by atoms with E-state index in [1.807, 2.05) is 0 Å². The minimum absolute atomic E-state index is 0.219. The Bertz CT molecular complexity index is 1960. The van der Waals surface area contributed by atoms with Crippen LogP contribution in [0.2, 0.25) is 0 Å². The number of aliphatic hydroxyl groups excluding tert-OH is 8. The monoisotopic (exact) mass is 1290 g/mol. The fourth-order valence-corrected chi connectivity index (χ4v) is 11.6. The first kappa shape index (κ1) is 84.7. The molecule has 12 unspecified atom stereocenters. The molecule has 1 amide bonds. The number of hydrogen-bond donors (Lipinski definition) is 9. The second-order valence-corrected chi connectivity index (χ2v) is 25.7. The molecule has 2 rings (SSSR count). The average Bonchev–Trinajstić information content (AvgIpc) is 0.830. The van der Waals surface area contributed by atoms with Crippen molar-refractivity contribution in [2.75, 3.05) is 19.8 Å². The Morgan fingerprint density at radius 3 is 1.15 bits per heavy atom. The molecule has 0 aromatic carbocycles. The summed E-state index contributed by atoms with van der Waals surface area (Å²) in [6.07, 6.45) is 70.9. The van der Waals surface area contributed by atoms with E-state index in [0.717, 1.165) is 122 Å². The molecule has 2 fully saturated rings. The highest BCUT2D eigenvalue weighted by Gasteiger charge is 2.51. The van der Waals surface area contributed by atoms with Gasteiger partial charge in [0.25, 0.3) is 0 Å². The summed E-state index contributed by atoms with van der Waals surface area (Å²) < 4.78 is 22.9. The predicted octanol–water partition coefficient (Wildman–Crippen LogP) is 15.9. The van der Waals surface area contributed by atoms with Gasteiger partial charge in [0.05, 0.1) is 32.0 Å². The highest BCUT2D eigenvalue weighted by Crippen LogP contribution is 2.30. The van der Waals surface area contributed by atoms with Crippen LogP contribution in [-0.2, 0) is 23.7 Å². The van der Waals surface area contributed by atoms with Crippen molar-refractivity contribution in [1.29, 1.82) is 0 Å². The smallest absolute Gasteiger partial charge is 0.220 e. The Labute approximate surface area is 559 Å². The number of ether oxygens (including phenoxy) is 4. The molecule has 2 saturated heterocycles. The first-order chi connectivity index (χ1) is 45.1. The fraction of sp³-hybridized carbons (Fsp3) is 0.756. The molecule has 0 aromatic rings. The lowest BCUT2D eigenvalue weighted by atomic mass is 9.97. The van der Waals surface area contributed by atoms with Crippen LogP contribution in [0.5, 0.6) is 0 Å². The zero-order chi connectivity index (χ0) is 66.6. The van der Waals surface area contributed by atoms with Crippen molar-refractivity contribution in [1.82, 2.24) is 5.32 Å². The summed E-state index contributed by atoms with van der Waals surface area (Å²) in [6.45, 7) is 2.76. The third kappa shape index (κ3) is 44.4. The van der Waals surface area contributed by atoms with Crippen LogP contribution < -0.4 is 5.32 Å². The number of allylic oxidation sites excluding steroid dienone is 18. The molecular formula is C78H135NO13. The molecule has 0 radical (unpaired) electrons. The van der Waals surface area contributed by atoms with Crippen molar-refractivity contribution in [3.05, 3.63) is 109 Å². The van der Waals surface area contributed by atoms with E-state index < -0.39 is 86.8 Å². The van der Waals surface area contributed by atoms with Crippen molar-refractivity contribution < 1.29 is 64.6 Å². The number of hydrogen-bond acceptors (Lipinski definition) is 13. The van der Waals surface area contributed by atoms with Gasteiger partial charge in [-0.2, -0.15) is 0 Å². The number of nitrogens with one attached hydrogen (secondary N) is 1. The lowest BCUT2D eigenvalue weighted by Crippen LogP contribution is -2.65. The van der Waals surface area contributed by atoms with Gasteiger partial charge in [0.15, 0.2) is 12.6 Å². The van der Waals surface area contributed by atoms with E-state index in [2.05, 4.69) is 129 Å². The first-order valence-electron chi connectivity index (χ1n) is 37.1. The molecule has 530 valence electrons. The zero-order valence-electron chi connectivity index (χ0n) is 57.8. The molecule has 2 heterocycles. The van der Waals surface area contributed by atoms with E-state index in [4.69, 9.17) is 18.9 Å². The summed E-state index contributed by atoms with van der Waals surface area (Å²) in [4.78, 5) is 13.4. The maximum Gasteiger partial charge on any atom is 0.220 e. The maximum atomic E-state index is 13.4. The summed E-state index contributed by atoms with van der Waals surface area (Å²) in [5, 5.41) is 87.7. The van der Waals surface area contributed by atoms with E-state index in [1.54, 1.807) is 0 Å². The Morgan fingerprint density at radius 2 is 0.750 bits per heavy atom. The Morgan fingerprint density at radius 1 is 0.402 bits per heavy atom. The Kier molecular flexibility index (Phi) is 56.4. The van der Waals surface area contributed by atoms with Crippen LogP contribution in [-0.4, -0.2) is 140 Å². The number of amides is 1. The first-order valence-corrected chi connectivity index (χ1v) is 37.1. The van der Waals surface area contributed by atoms with Gasteiger partial charge in [0.2, 0.25) is 5.91 Å². The highest BCUT2D eigenvalue weighted by atomic mass is 16.7. The Hall–Kier alpha value is -3.35. The molecule has 2 aliphatic rings. The molecule has 14 heteroatoms. The van der Waals surface area contributed by atoms with Gasteiger partial charge in [-0.05, 0) is 83.5 Å². The normalized spacial score (nSPS) is 23.3. The zero-order valence-corrected chi connectivity index (χ0v) is 57.8. The second kappa shape index (κ2) is 61.3. The van der Waals surface area contributed by atoms with Gasteiger partial charge < -0.3 is 65.1 Å². The lowest BCUT2D eigenvalue weighted by Gasteiger charge is -2.46. The van der Waals surface area contributed by atoms with E-state index in [-0.39, 0.29) is 18.9 Å². The maximum absolute atomic E-state index is 13.4. The largest absolute Gasteiger partial charge is 0.394 e. The Balaban J connectivity index is 1.66. The van der Waals surface area contributed by atoms with Crippen molar-refractivity contribution in [2.45, 2.75) is 357 Å². The summed E-state index contributed by atoms with van der Waals surface area (Å²) in [5.41, 5.74) is 0. The van der Waals surface area contributed by atoms with Crippen LogP contribution in [0.15, 0.2) is 109 Å². The van der Waals surface area contributed by atoms with Gasteiger partial charge in [-0.25, -0.2) is 0 Å². The van der Waals surface area contributed by atoms with Gasteiger partial charge in [0.1, 0.15) is 48.8 Å². The van der Waals surface area contributed by atoms with E-state index in [0.29, 0.717) is 12.8 Å². The number of carbonyl (C=O) groups excluding carboxylic acids is 1. The number of carbonyl (C=O) groups is 1. The van der Waals surface area contributed by atoms with E-state index >= 15 is 0 Å². The molecule has 14 nitrogen and oxygen atoms in total. The van der Waals surface area contributed by atoms with Crippen LogP contribution >= 0.6 is 0 Å². The molecule has 0 bridgehead atoms. The minimum atomic E-state index is -1.79. The molecule has 0 saturated carbocycles. The minimum Gasteiger partial charge on any atom is -0.394 e. The fourth-order valence-electron chi connectivity index (χ4n) is 11.6. The van der Waals surface area contributed by atoms with E-state index in [1.165, 1.54) is 128 Å². The van der Waals surface area contributed by atoms with Crippen molar-refractivity contribution in [3.8, 4) is 0 Å². The van der Waals surface area contributed by atoms with Crippen molar-refractivity contribution in [3.63, 3.8) is 0 Å². The molecule has 92 heavy (non-hydrogen) atoms. The molecule has 0 spiro atoms.